The standard InChI is InChI=1S/C10H14O2/c11-10(12)9-6-3-1-5-2-4-7(9)8(5)6/h5-9H,1-4H2,(H,11,12)/t5?,6-,7+,8?,9?. The van der Waals surface area contributed by atoms with Gasteiger partial charge in [0.25, 0.3) is 0 Å². The molecule has 0 aromatic rings. The van der Waals surface area contributed by atoms with Crippen molar-refractivity contribution < 1.29 is 9.90 Å². The molecule has 2 heteroatoms. The predicted molar refractivity (Wildman–Crippen MR) is 43.6 cm³/mol. The highest BCUT2D eigenvalue weighted by atomic mass is 16.4. The molecule has 3 unspecified atom stereocenters. The Morgan fingerprint density at radius 2 is 1.67 bits per heavy atom. The third-order valence-electron chi connectivity index (χ3n) is 4.48. The van der Waals surface area contributed by atoms with Gasteiger partial charge in [-0.05, 0) is 49.4 Å². The Bertz CT molecular complexity index is 220. The molecule has 3 rings (SSSR count). The molecule has 12 heavy (non-hydrogen) atoms. The first kappa shape index (κ1) is 6.93. The molecular formula is C10H14O2. The summed E-state index contributed by atoms with van der Waals surface area (Å²) in [6, 6.07) is 0. The van der Waals surface area contributed by atoms with Gasteiger partial charge in [0.2, 0.25) is 0 Å². The van der Waals surface area contributed by atoms with Crippen LogP contribution in [0, 0.1) is 29.6 Å². The van der Waals surface area contributed by atoms with E-state index in [-0.39, 0.29) is 5.92 Å². The van der Waals surface area contributed by atoms with Crippen molar-refractivity contribution in [2.45, 2.75) is 25.7 Å². The molecule has 3 saturated carbocycles. The monoisotopic (exact) mass is 166 g/mol. The molecule has 0 saturated heterocycles. The Balaban J connectivity index is 1.89. The Morgan fingerprint density at radius 1 is 1.08 bits per heavy atom. The lowest BCUT2D eigenvalue weighted by molar-refractivity contribution is -0.156. The maximum Gasteiger partial charge on any atom is 0.307 e. The Kier molecular flexibility index (Phi) is 1.18. The van der Waals surface area contributed by atoms with Crippen LogP contribution in [0.4, 0.5) is 0 Å². The van der Waals surface area contributed by atoms with Gasteiger partial charge in [-0.25, -0.2) is 0 Å². The van der Waals surface area contributed by atoms with Crippen molar-refractivity contribution in [3.63, 3.8) is 0 Å². The van der Waals surface area contributed by atoms with E-state index in [9.17, 15) is 4.79 Å². The first-order valence-electron chi connectivity index (χ1n) is 5.02. The average Bonchev–Trinajstić information content (AvgIpc) is 2.36. The number of carboxylic acids is 1. The van der Waals surface area contributed by atoms with Crippen LogP contribution in [0.3, 0.4) is 0 Å². The second-order valence-corrected chi connectivity index (χ2v) is 4.68. The highest BCUT2D eigenvalue weighted by Gasteiger charge is 2.61. The molecule has 0 bridgehead atoms. The lowest BCUT2D eigenvalue weighted by Crippen LogP contribution is -2.46. The molecule has 0 aliphatic heterocycles. The lowest BCUT2D eigenvalue weighted by Gasteiger charge is -2.44. The molecule has 0 radical (unpaired) electrons. The minimum Gasteiger partial charge on any atom is -0.481 e. The number of carboxylic acid groups (broad SMARTS) is 1. The zero-order valence-corrected chi connectivity index (χ0v) is 7.07. The number of carbonyl (C=O) groups is 1. The number of hydrogen-bond donors (Lipinski definition) is 1. The Labute approximate surface area is 72.0 Å². The van der Waals surface area contributed by atoms with E-state index in [0.29, 0.717) is 11.8 Å². The highest BCUT2D eigenvalue weighted by Crippen LogP contribution is 2.64. The summed E-state index contributed by atoms with van der Waals surface area (Å²) in [5.41, 5.74) is 0. The van der Waals surface area contributed by atoms with Crippen LogP contribution in [-0.4, -0.2) is 11.1 Å². The van der Waals surface area contributed by atoms with Gasteiger partial charge in [-0.1, -0.05) is 0 Å². The zero-order valence-electron chi connectivity index (χ0n) is 7.07. The van der Waals surface area contributed by atoms with E-state index in [0.717, 1.165) is 11.8 Å². The summed E-state index contributed by atoms with van der Waals surface area (Å²) in [5.74, 6) is 2.40. The van der Waals surface area contributed by atoms with Crippen molar-refractivity contribution >= 4 is 5.97 Å². The molecule has 0 aromatic heterocycles. The van der Waals surface area contributed by atoms with Gasteiger partial charge in [-0.3, -0.25) is 4.79 Å². The molecule has 0 heterocycles. The first-order chi connectivity index (χ1) is 5.79. The van der Waals surface area contributed by atoms with Gasteiger partial charge in [0.1, 0.15) is 0 Å². The second kappa shape index (κ2) is 2.04. The van der Waals surface area contributed by atoms with E-state index in [1.807, 2.05) is 0 Å². The molecular weight excluding hydrogens is 152 g/mol. The van der Waals surface area contributed by atoms with E-state index >= 15 is 0 Å². The third kappa shape index (κ3) is 0.606. The van der Waals surface area contributed by atoms with Crippen molar-refractivity contribution in [2.24, 2.45) is 29.6 Å². The number of aliphatic carboxylic acids is 1. The van der Waals surface area contributed by atoms with Gasteiger partial charge < -0.3 is 5.11 Å². The maximum atomic E-state index is 10.9. The summed E-state index contributed by atoms with van der Waals surface area (Å²) < 4.78 is 0. The van der Waals surface area contributed by atoms with Gasteiger partial charge in [0, 0.05) is 0 Å². The average molecular weight is 166 g/mol. The Hall–Kier alpha value is -0.530. The highest BCUT2D eigenvalue weighted by molar-refractivity contribution is 5.72. The van der Waals surface area contributed by atoms with E-state index in [4.69, 9.17) is 5.11 Å². The van der Waals surface area contributed by atoms with Crippen LogP contribution < -0.4 is 0 Å². The van der Waals surface area contributed by atoms with E-state index in [1.54, 1.807) is 0 Å². The van der Waals surface area contributed by atoms with Gasteiger partial charge in [0.15, 0.2) is 0 Å². The summed E-state index contributed by atoms with van der Waals surface area (Å²) in [5, 5.41) is 9.00. The molecule has 3 fully saturated rings. The normalized spacial score (nSPS) is 54.8. The fraction of sp³-hybridized carbons (Fsp3) is 0.900. The maximum absolute atomic E-state index is 10.9. The van der Waals surface area contributed by atoms with Crippen molar-refractivity contribution in [1.82, 2.24) is 0 Å². The summed E-state index contributed by atoms with van der Waals surface area (Å²) in [6.07, 6.45) is 5.02. The van der Waals surface area contributed by atoms with Crippen molar-refractivity contribution in [3.05, 3.63) is 0 Å². The largest absolute Gasteiger partial charge is 0.481 e. The molecule has 66 valence electrons. The molecule has 0 amide bonds. The van der Waals surface area contributed by atoms with E-state index < -0.39 is 5.97 Å². The van der Waals surface area contributed by atoms with Crippen LogP contribution in [0.15, 0.2) is 0 Å². The number of hydrogen-bond acceptors (Lipinski definition) is 1. The fourth-order valence-corrected chi connectivity index (χ4v) is 4.12. The van der Waals surface area contributed by atoms with E-state index in [2.05, 4.69) is 0 Å². The molecule has 0 aromatic carbocycles. The molecule has 1 N–H and O–H groups in total. The van der Waals surface area contributed by atoms with Crippen LogP contribution in [0.25, 0.3) is 0 Å². The minimum atomic E-state index is -0.524. The summed E-state index contributed by atoms with van der Waals surface area (Å²) in [6.45, 7) is 0. The minimum absolute atomic E-state index is 0.0440. The summed E-state index contributed by atoms with van der Waals surface area (Å²) in [7, 11) is 0. The van der Waals surface area contributed by atoms with Crippen molar-refractivity contribution in [1.29, 1.82) is 0 Å². The molecule has 2 nitrogen and oxygen atoms in total. The van der Waals surface area contributed by atoms with Crippen LogP contribution in [0.5, 0.6) is 0 Å². The van der Waals surface area contributed by atoms with Gasteiger partial charge in [0.05, 0.1) is 5.92 Å². The Morgan fingerprint density at radius 3 is 2.17 bits per heavy atom. The predicted octanol–water partition coefficient (Wildman–Crippen LogP) is 1.75. The molecule has 3 aliphatic rings. The molecule has 5 atom stereocenters. The molecule has 0 spiro atoms. The van der Waals surface area contributed by atoms with E-state index in [1.165, 1.54) is 25.7 Å². The fourth-order valence-electron chi connectivity index (χ4n) is 4.12. The van der Waals surface area contributed by atoms with Gasteiger partial charge in [-0.2, -0.15) is 0 Å². The van der Waals surface area contributed by atoms with Crippen LogP contribution in [-0.2, 0) is 4.79 Å². The number of rotatable bonds is 1. The van der Waals surface area contributed by atoms with Gasteiger partial charge in [-0.15, -0.1) is 0 Å². The first-order valence-corrected chi connectivity index (χ1v) is 5.02. The topological polar surface area (TPSA) is 37.3 Å². The lowest BCUT2D eigenvalue weighted by atomic mass is 9.59. The smallest absolute Gasteiger partial charge is 0.307 e. The zero-order chi connectivity index (χ0) is 8.29. The van der Waals surface area contributed by atoms with Crippen LogP contribution in [0.1, 0.15) is 25.7 Å². The SMILES string of the molecule is O=C(O)C1[C@H]2CCC3CC[C@@H]1C32. The summed E-state index contributed by atoms with van der Waals surface area (Å²) >= 11 is 0. The van der Waals surface area contributed by atoms with Crippen LogP contribution >= 0.6 is 0 Å². The van der Waals surface area contributed by atoms with Crippen LogP contribution in [0.2, 0.25) is 0 Å². The van der Waals surface area contributed by atoms with Crippen molar-refractivity contribution in [2.75, 3.05) is 0 Å². The molecule has 3 aliphatic carbocycles. The van der Waals surface area contributed by atoms with Gasteiger partial charge >= 0.3 is 5.97 Å². The third-order valence-corrected chi connectivity index (χ3v) is 4.48. The summed E-state index contributed by atoms with van der Waals surface area (Å²) in [4.78, 5) is 10.9. The van der Waals surface area contributed by atoms with Crippen molar-refractivity contribution in [3.8, 4) is 0 Å². The quantitative estimate of drug-likeness (QED) is 0.644. The second-order valence-electron chi connectivity index (χ2n) is 4.68.